The number of rotatable bonds is 3. The summed E-state index contributed by atoms with van der Waals surface area (Å²) < 4.78 is 6.65. The van der Waals surface area contributed by atoms with E-state index in [1.807, 2.05) is 12.1 Å². The van der Waals surface area contributed by atoms with Crippen LogP contribution in [0.3, 0.4) is 0 Å². The first-order valence-electron chi connectivity index (χ1n) is 6.88. The topological polar surface area (TPSA) is 83.9 Å². The van der Waals surface area contributed by atoms with Crippen LogP contribution in [-0.4, -0.2) is 22.7 Å². The van der Waals surface area contributed by atoms with Gasteiger partial charge in [-0.2, -0.15) is 0 Å². The van der Waals surface area contributed by atoms with E-state index >= 15 is 0 Å². The van der Waals surface area contributed by atoms with Crippen LogP contribution in [0.1, 0.15) is 31.4 Å². The molecule has 2 aromatic rings. The van der Waals surface area contributed by atoms with Crippen molar-refractivity contribution in [2.45, 2.75) is 31.9 Å². The molecule has 3 atom stereocenters. The number of hydrogen-bond donors (Lipinski definition) is 3. The largest absolute Gasteiger partial charge is 0.378 e. The van der Waals surface area contributed by atoms with Gasteiger partial charge in [-0.3, -0.25) is 0 Å². The average Bonchev–Trinajstić information content (AvgIpc) is 3.01. The van der Waals surface area contributed by atoms with Crippen LogP contribution < -0.4 is 11.4 Å². The molecule has 0 aliphatic carbocycles. The quantitative estimate of drug-likeness (QED) is 0.802. The van der Waals surface area contributed by atoms with Crippen molar-refractivity contribution in [3.8, 4) is 0 Å². The van der Waals surface area contributed by atoms with Gasteiger partial charge in [-0.15, -0.1) is 0 Å². The van der Waals surface area contributed by atoms with Gasteiger partial charge in [0.15, 0.2) is 0 Å². The summed E-state index contributed by atoms with van der Waals surface area (Å²) in [6, 6.07) is 3.76. The fourth-order valence-corrected chi connectivity index (χ4v) is 3.66. The molecule has 1 saturated heterocycles. The minimum absolute atomic E-state index is 0.0976. The van der Waals surface area contributed by atoms with Crippen molar-refractivity contribution >= 4 is 27.0 Å². The highest BCUT2D eigenvalue weighted by molar-refractivity contribution is 9.10. The number of imidazole rings is 1. The van der Waals surface area contributed by atoms with Gasteiger partial charge in [0, 0.05) is 23.0 Å². The zero-order valence-electron chi connectivity index (χ0n) is 11.3. The maximum Gasteiger partial charge on any atom is 0.323 e. The van der Waals surface area contributed by atoms with Crippen molar-refractivity contribution < 1.29 is 4.74 Å². The highest BCUT2D eigenvalue weighted by atomic mass is 79.9. The molecule has 3 unspecified atom stereocenters. The van der Waals surface area contributed by atoms with E-state index in [2.05, 4.69) is 32.8 Å². The minimum atomic E-state index is -0.201. The number of nitrogens with two attached hydrogens (primary N) is 1. The van der Waals surface area contributed by atoms with Crippen molar-refractivity contribution in [2.75, 3.05) is 6.61 Å². The van der Waals surface area contributed by atoms with Gasteiger partial charge in [0.25, 0.3) is 0 Å². The van der Waals surface area contributed by atoms with Gasteiger partial charge in [0.05, 0.1) is 17.1 Å². The van der Waals surface area contributed by atoms with Crippen LogP contribution in [0.15, 0.2) is 21.4 Å². The molecule has 0 spiro atoms. The van der Waals surface area contributed by atoms with E-state index < -0.39 is 0 Å². The second-order valence-electron chi connectivity index (χ2n) is 5.29. The molecule has 5 nitrogen and oxygen atoms in total. The zero-order chi connectivity index (χ0) is 14.3. The predicted molar refractivity (Wildman–Crippen MR) is 81.7 cm³/mol. The van der Waals surface area contributed by atoms with Crippen LogP contribution in [0.4, 0.5) is 0 Å². The monoisotopic (exact) mass is 339 g/mol. The average molecular weight is 340 g/mol. The first kappa shape index (κ1) is 13.9. The number of hydrogen-bond acceptors (Lipinski definition) is 3. The Hall–Kier alpha value is -1.11. The van der Waals surface area contributed by atoms with Gasteiger partial charge in [0.1, 0.15) is 0 Å². The Labute approximate surface area is 125 Å². The third-order valence-electron chi connectivity index (χ3n) is 4.12. The number of aromatic amines is 2. The Morgan fingerprint density at radius 3 is 2.85 bits per heavy atom. The van der Waals surface area contributed by atoms with Crippen molar-refractivity contribution in [1.82, 2.24) is 9.97 Å². The Kier molecular flexibility index (Phi) is 3.70. The molecule has 1 aromatic heterocycles. The van der Waals surface area contributed by atoms with Crippen LogP contribution in [0.2, 0.25) is 0 Å². The number of H-pyrrole nitrogens is 2. The normalized spacial score (nSPS) is 24.4. The molecule has 1 fully saturated rings. The van der Waals surface area contributed by atoms with E-state index in [0.717, 1.165) is 40.5 Å². The lowest BCUT2D eigenvalue weighted by molar-refractivity contribution is 0.0813. The summed E-state index contributed by atoms with van der Waals surface area (Å²) >= 11 is 3.56. The third kappa shape index (κ3) is 2.32. The standard InChI is InChI=1S/C14H18BrN3O2/c1-2-12-7(3-4-20-12)13(16)8-5-10-11(6-9(8)15)18-14(19)17-10/h5-7,12-13H,2-4,16H2,1H3,(H2,17,18,19). The molecular formula is C14H18BrN3O2. The van der Waals surface area contributed by atoms with Gasteiger partial charge in [-0.25, -0.2) is 4.79 Å². The van der Waals surface area contributed by atoms with Crippen LogP contribution in [0.5, 0.6) is 0 Å². The summed E-state index contributed by atoms with van der Waals surface area (Å²) in [4.78, 5) is 16.9. The number of benzene rings is 1. The fourth-order valence-electron chi connectivity index (χ4n) is 3.06. The number of aromatic nitrogens is 2. The van der Waals surface area contributed by atoms with Crippen molar-refractivity contribution in [3.05, 3.63) is 32.7 Å². The molecule has 108 valence electrons. The van der Waals surface area contributed by atoms with Crippen LogP contribution in [0, 0.1) is 5.92 Å². The molecule has 6 heteroatoms. The predicted octanol–water partition coefficient (Wildman–Crippen LogP) is 2.43. The van der Waals surface area contributed by atoms with Crippen LogP contribution >= 0.6 is 15.9 Å². The molecule has 1 aliphatic rings. The molecule has 0 saturated carbocycles. The van der Waals surface area contributed by atoms with Gasteiger partial charge in [-0.1, -0.05) is 22.9 Å². The van der Waals surface area contributed by atoms with E-state index in [4.69, 9.17) is 10.5 Å². The van der Waals surface area contributed by atoms with Crippen LogP contribution in [0.25, 0.3) is 11.0 Å². The number of halogens is 1. The zero-order valence-corrected chi connectivity index (χ0v) is 12.9. The molecule has 0 radical (unpaired) electrons. The second kappa shape index (κ2) is 5.35. The highest BCUT2D eigenvalue weighted by Gasteiger charge is 2.33. The first-order valence-corrected chi connectivity index (χ1v) is 7.68. The summed E-state index contributed by atoms with van der Waals surface area (Å²) in [5, 5.41) is 0. The summed E-state index contributed by atoms with van der Waals surface area (Å²) in [7, 11) is 0. The molecule has 1 aliphatic heterocycles. The minimum Gasteiger partial charge on any atom is -0.378 e. The van der Waals surface area contributed by atoms with Crippen molar-refractivity contribution in [1.29, 1.82) is 0 Å². The highest BCUT2D eigenvalue weighted by Crippen LogP contribution is 2.37. The maximum absolute atomic E-state index is 11.4. The Morgan fingerprint density at radius 2 is 2.15 bits per heavy atom. The van der Waals surface area contributed by atoms with E-state index in [0.29, 0.717) is 5.92 Å². The Morgan fingerprint density at radius 1 is 1.45 bits per heavy atom. The summed E-state index contributed by atoms with van der Waals surface area (Å²) in [6.45, 7) is 2.90. The molecule has 0 bridgehead atoms. The van der Waals surface area contributed by atoms with Gasteiger partial charge in [0.2, 0.25) is 0 Å². The van der Waals surface area contributed by atoms with E-state index in [-0.39, 0.29) is 17.8 Å². The van der Waals surface area contributed by atoms with E-state index in [1.54, 1.807) is 0 Å². The summed E-state index contributed by atoms with van der Waals surface area (Å²) in [5.41, 5.74) is 8.84. The van der Waals surface area contributed by atoms with E-state index in [1.165, 1.54) is 0 Å². The molecule has 1 aromatic carbocycles. The smallest absolute Gasteiger partial charge is 0.323 e. The summed E-state index contributed by atoms with van der Waals surface area (Å²) in [6.07, 6.45) is 2.17. The van der Waals surface area contributed by atoms with Gasteiger partial charge >= 0.3 is 5.69 Å². The SMILES string of the molecule is CCC1OCCC1C(N)c1cc2[nH]c(=O)[nH]c2cc1Br. The lowest BCUT2D eigenvalue weighted by Gasteiger charge is -2.25. The van der Waals surface area contributed by atoms with Crippen molar-refractivity contribution in [2.24, 2.45) is 11.7 Å². The lowest BCUT2D eigenvalue weighted by atomic mass is 9.87. The summed E-state index contributed by atoms with van der Waals surface area (Å²) in [5.74, 6) is 0.319. The lowest BCUT2D eigenvalue weighted by Crippen LogP contribution is -2.28. The number of fused-ring (bicyclic) bond motifs is 1. The van der Waals surface area contributed by atoms with E-state index in [9.17, 15) is 4.79 Å². The third-order valence-corrected chi connectivity index (χ3v) is 4.80. The molecule has 2 heterocycles. The van der Waals surface area contributed by atoms with Gasteiger partial charge in [-0.05, 0) is 30.5 Å². The Bertz CT molecular complexity index is 679. The fraction of sp³-hybridized carbons (Fsp3) is 0.500. The molecule has 0 amide bonds. The number of ether oxygens (including phenoxy) is 1. The Balaban J connectivity index is 2.00. The second-order valence-corrected chi connectivity index (χ2v) is 6.15. The first-order chi connectivity index (χ1) is 9.60. The maximum atomic E-state index is 11.4. The van der Waals surface area contributed by atoms with Crippen molar-refractivity contribution in [3.63, 3.8) is 0 Å². The molecule has 20 heavy (non-hydrogen) atoms. The van der Waals surface area contributed by atoms with Crippen LogP contribution in [-0.2, 0) is 4.74 Å². The molecular weight excluding hydrogens is 322 g/mol. The molecule has 4 N–H and O–H groups in total. The molecule has 3 rings (SSSR count). The number of nitrogens with one attached hydrogen (secondary N) is 2. The van der Waals surface area contributed by atoms with Gasteiger partial charge < -0.3 is 20.4 Å².